The van der Waals surface area contributed by atoms with E-state index in [4.69, 9.17) is 32.7 Å². The Balaban J connectivity index is 2.15. The highest BCUT2D eigenvalue weighted by Crippen LogP contribution is 2.63. The maximum absolute atomic E-state index is 10.9. The predicted molar refractivity (Wildman–Crippen MR) is 45.5 cm³/mol. The lowest BCUT2D eigenvalue weighted by molar-refractivity contribution is 0.0720. The average Bonchev–Trinajstić information content (AvgIpc) is 2.59. The monoisotopic (exact) mass is 220 g/mol. The third kappa shape index (κ3) is 0.680. The molecule has 0 aromatic rings. The second-order valence-electron chi connectivity index (χ2n) is 3.58. The average molecular weight is 221 g/mol. The molecule has 1 aliphatic heterocycles. The molecule has 1 heterocycles. The lowest BCUT2D eigenvalue weighted by Crippen LogP contribution is -2.46. The summed E-state index contributed by atoms with van der Waals surface area (Å²) in [6.07, 6.45) is 3.88. The second kappa shape index (κ2) is 1.98. The van der Waals surface area contributed by atoms with Crippen LogP contribution in [0.2, 0.25) is 0 Å². The molecule has 3 rings (SSSR count). The SMILES string of the molecule is O=C1O[C@@]2(Cl)[C@@H]3C=C[C@@H](C3)[C@]2(Cl)O1. The fourth-order valence-electron chi connectivity index (χ4n) is 2.31. The van der Waals surface area contributed by atoms with Crippen LogP contribution in [0.4, 0.5) is 4.79 Å². The summed E-state index contributed by atoms with van der Waals surface area (Å²) in [6.45, 7) is 0. The lowest BCUT2D eigenvalue weighted by Gasteiger charge is -2.31. The van der Waals surface area contributed by atoms with Crippen molar-refractivity contribution in [2.75, 3.05) is 0 Å². The van der Waals surface area contributed by atoms with Crippen molar-refractivity contribution >= 4 is 29.4 Å². The molecule has 3 aliphatic rings. The van der Waals surface area contributed by atoms with E-state index in [0.717, 1.165) is 6.42 Å². The van der Waals surface area contributed by atoms with Gasteiger partial charge in [0, 0.05) is 11.8 Å². The fourth-order valence-corrected chi connectivity index (χ4v) is 3.12. The highest BCUT2D eigenvalue weighted by atomic mass is 35.5. The number of carbonyl (C=O) groups excluding carboxylic acids is 1. The van der Waals surface area contributed by atoms with E-state index in [1.807, 2.05) is 12.2 Å². The van der Waals surface area contributed by atoms with Gasteiger partial charge < -0.3 is 9.47 Å². The van der Waals surface area contributed by atoms with Crippen LogP contribution in [0, 0.1) is 11.8 Å². The van der Waals surface area contributed by atoms with Crippen LogP contribution >= 0.6 is 23.2 Å². The van der Waals surface area contributed by atoms with Gasteiger partial charge in [-0.2, -0.15) is 0 Å². The molecule has 0 aromatic heterocycles. The standard InChI is InChI=1S/C8H6Cl2O3/c9-7-4-1-2-5(3-4)8(7,10)13-6(11)12-7/h1-2,4-5H,3H2/t4-,5+,7-,8-/m0/s1. The van der Waals surface area contributed by atoms with Crippen molar-refractivity contribution in [2.24, 2.45) is 11.8 Å². The van der Waals surface area contributed by atoms with Gasteiger partial charge in [-0.3, -0.25) is 0 Å². The molecule has 2 fully saturated rings. The van der Waals surface area contributed by atoms with Crippen molar-refractivity contribution in [3.05, 3.63) is 12.2 Å². The Bertz CT molecular complexity index is 301. The highest BCUT2D eigenvalue weighted by molar-refractivity contribution is 6.36. The minimum Gasteiger partial charge on any atom is -0.405 e. The van der Waals surface area contributed by atoms with Crippen molar-refractivity contribution in [3.8, 4) is 0 Å². The Morgan fingerprint density at radius 3 is 2.15 bits per heavy atom. The fraction of sp³-hybridized carbons (Fsp3) is 0.625. The molecule has 0 amide bonds. The molecule has 13 heavy (non-hydrogen) atoms. The molecule has 4 atom stereocenters. The Hall–Kier alpha value is -0.410. The number of halogens is 2. The molecule has 0 aromatic carbocycles. The molecule has 70 valence electrons. The zero-order valence-electron chi connectivity index (χ0n) is 6.50. The van der Waals surface area contributed by atoms with E-state index in [0.29, 0.717) is 0 Å². The van der Waals surface area contributed by atoms with E-state index in [-0.39, 0.29) is 11.8 Å². The van der Waals surface area contributed by atoms with Crippen LogP contribution in [-0.4, -0.2) is 16.3 Å². The third-order valence-corrected chi connectivity index (χ3v) is 4.34. The van der Waals surface area contributed by atoms with Crippen LogP contribution in [0.25, 0.3) is 0 Å². The van der Waals surface area contributed by atoms with E-state index in [1.165, 1.54) is 0 Å². The molecular formula is C8H6Cl2O3. The Kier molecular flexibility index (Phi) is 1.21. The largest absolute Gasteiger partial charge is 0.512 e. The Morgan fingerprint density at radius 2 is 1.69 bits per heavy atom. The third-order valence-electron chi connectivity index (χ3n) is 2.97. The maximum Gasteiger partial charge on any atom is 0.512 e. The zero-order chi connectivity index (χ0) is 9.27. The number of carbonyl (C=O) groups is 1. The zero-order valence-corrected chi connectivity index (χ0v) is 8.01. The predicted octanol–water partition coefficient (Wildman–Crippen LogP) is 2.23. The van der Waals surface area contributed by atoms with E-state index < -0.39 is 16.3 Å². The van der Waals surface area contributed by atoms with Gasteiger partial charge in [-0.25, -0.2) is 4.79 Å². The first-order chi connectivity index (χ1) is 6.06. The van der Waals surface area contributed by atoms with Gasteiger partial charge in [0.1, 0.15) is 0 Å². The molecule has 5 heteroatoms. The van der Waals surface area contributed by atoms with Gasteiger partial charge in [0.05, 0.1) is 0 Å². The summed E-state index contributed by atoms with van der Waals surface area (Å²) in [7, 11) is 0. The normalized spacial score (nSPS) is 56.3. The second-order valence-corrected chi connectivity index (χ2v) is 4.70. The summed E-state index contributed by atoms with van der Waals surface area (Å²) in [4.78, 5) is 10.9. The van der Waals surface area contributed by atoms with Crippen LogP contribution in [0.1, 0.15) is 6.42 Å². The maximum atomic E-state index is 10.9. The van der Waals surface area contributed by atoms with Crippen molar-refractivity contribution < 1.29 is 14.3 Å². The van der Waals surface area contributed by atoms with Crippen LogP contribution in [0.15, 0.2) is 12.2 Å². The highest BCUT2D eigenvalue weighted by Gasteiger charge is 2.74. The molecule has 0 N–H and O–H groups in total. The van der Waals surface area contributed by atoms with Crippen molar-refractivity contribution in [1.82, 2.24) is 0 Å². The molecule has 2 aliphatic carbocycles. The Morgan fingerprint density at radius 1 is 1.23 bits per heavy atom. The van der Waals surface area contributed by atoms with E-state index in [9.17, 15) is 4.79 Å². The van der Waals surface area contributed by atoms with E-state index in [1.54, 1.807) is 0 Å². The molecule has 2 bridgehead atoms. The molecular weight excluding hydrogens is 215 g/mol. The molecule has 3 nitrogen and oxygen atoms in total. The quantitative estimate of drug-likeness (QED) is 0.357. The van der Waals surface area contributed by atoms with Crippen LogP contribution in [0.3, 0.4) is 0 Å². The van der Waals surface area contributed by atoms with Gasteiger partial charge >= 0.3 is 6.16 Å². The number of rotatable bonds is 0. The first kappa shape index (κ1) is 7.94. The van der Waals surface area contributed by atoms with Crippen molar-refractivity contribution in [3.63, 3.8) is 0 Å². The van der Waals surface area contributed by atoms with Crippen LogP contribution < -0.4 is 0 Å². The molecule has 0 radical (unpaired) electrons. The first-order valence-electron chi connectivity index (χ1n) is 4.04. The summed E-state index contributed by atoms with van der Waals surface area (Å²) in [5, 5.41) is -2.38. The number of hydrogen-bond donors (Lipinski definition) is 0. The lowest BCUT2D eigenvalue weighted by atomic mass is 10.0. The summed E-state index contributed by atoms with van der Waals surface area (Å²) >= 11 is 12.3. The van der Waals surface area contributed by atoms with Gasteiger partial charge in [0.15, 0.2) is 0 Å². The number of hydrogen-bond acceptors (Lipinski definition) is 3. The van der Waals surface area contributed by atoms with Crippen molar-refractivity contribution in [2.45, 2.75) is 16.5 Å². The van der Waals surface area contributed by atoms with Crippen LogP contribution in [-0.2, 0) is 9.47 Å². The first-order valence-corrected chi connectivity index (χ1v) is 4.80. The smallest absolute Gasteiger partial charge is 0.405 e. The van der Waals surface area contributed by atoms with Crippen LogP contribution in [0.5, 0.6) is 0 Å². The number of alkyl halides is 2. The van der Waals surface area contributed by atoms with Gasteiger partial charge in [-0.1, -0.05) is 35.4 Å². The molecule has 0 unspecified atom stereocenters. The van der Waals surface area contributed by atoms with Gasteiger partial charge in [-0.15, -0.1) is 0 Å². The molecule has 1 saturated carbocycles. The van der Waals surface area contributed by atoms with Crippen molar-refractivity contribution in [1.29, 1.82) is 0 Å². The van der Waals surface area contributed by atoms with E-state index in [2.05, 4.69) is 0 Å². The topological polar surface area (TPSA) is 35.5 Å². The van der Waals surface area contributed by atoms with Gasteiger partial charge in [0.25, 0.3) is 0 Å². The Labute approximate surface area is 84.6 Å². The van der Waals surface area contributed by atoms with Gasteiger partial charge in [-0.05, 0) is 6.42 Å². The summed E-state index contributed by atoms with van der Waals surface area (Å²) in [5.74, 6) is -0.0498. The number of ether oxygens (including phenoxy) is 2. The van der Waals surface area contributed by atoms with Gasteiger partial charge in [0.2, 0.25) is 10.1 Å². The van der Waals surface area contributed by atoms with E-state index >= 15 is 0 Å². The number of fused-ring (bicyclic) bond motifs is 5. The minimum atomic E-state index is -1.19. The summed E-state index contributed by atoms with van der Waals surface area (Å²) in [5.41, 5.74) is 0. The molecule has 1 saturated heterocycles. The summed E-state index contributed by atoms with van der Waals surface area (Å²) in [6, 6.07) is 0. The minimum absolute atomic E-state index is 0.0249. The molecule has 0 spiro atoms. The summed E-state index contributed by atoms with van der Waals surface area (Å²) < 4.78 is 9.86.